The van der Waals surface area contributed by atoms with Gasteiger partial charge in [-0.25, -0.2) is 4.79 Å². The summed E-state index contributed by atoms with van der Waals surface area (Å²) in [4.78, 5) is 16.4. The van der Waals surface area contributed by atoms with Gasteiger partial charge >= 0.3 is 6.03 Å². The Kier molecular flexibility index (Phi) is 5.10. The van der Waals surface area contributed by atoms with E-state index in [0.29, 0.717) is 22.5 Å². The number of carbonyl (C=O) groups is 1. The molecule has 1 aliphatic rings. The largest absolute Gasteiger partial charge is 0.322 e. The Labute approximate surface area is 129 Å². The van der Waals surface area contributed by atoms with Gasteiger partial charge in [-0.05, 0) is 38.6 Å². The number of nitrogens with zero attached hydrogens (tertiary/aromatic N) is 3. The van der Waals surface area contributed by atoms with Crippen LogP contribution in [0.3, 0.4) is 0 Å². The Balaban J connectivity index is 2.02. The van der Waals surface area contributed by atoms with Crippen LogP contribution in [-0.2, 0) is 0 Å². The van der Waals surface area contributed by atoms with E-state index in [1.807, 2.05) is 19.0 Å². The van der Waals surface area contributed by atoms with Gasteiger partial charge in [0, 0.05) is 30.1 Å². The van der Waals surface area contributed by atoms with Gasteiger partial charge in [-0.1, -0.05) is 6.07 Å². The first-order valence-electron chi connectivity index (χ1n) is 6.80. The maximum absolute atomic E-state index is 12.3. The van der Waals surface area contributed by atoms with E-state index in [1.54, 1.807) is 36.0 Å². The van der Waals surface area contributed by atoms with Crippen LogP contribution in [0.25, 0.3) is 0 Å². The second kappa shape index (κ2) is 6.83. The summed E-state index contributed by atoms with van der Waals surface area (Å²) in [6, 6.07) is 9.31. The number of nitriles is 1. The summed E-state index contributed by atoms with van der Waals surface area (Å²) in [6.45, 7) is 1.47. The molecule has 112 valence electrons. The predicted molar refractivity (Wildman–Crippen MR) is 86.5 cm³/mol. The number of urea groups is 1. The molecule has 2 rings (SSSR count). The van der Waals surface area contributed by atoms with E-state index in [4.69, 9.17) is 5.26 Å². The van der Waals surface area contributed by atoms with Crippen LogP contribution in [0.2, 0.25) is 0 Å². The van der Waals surface area contributed by atoms with Crippen molar-refractivity contribution in [3.05, 3.63) is 29.8 Å². The van der Waals surface area contributed by atoms with Crippen LogP contribution in [0.15, 0.2) is 24.3 Å². The molecule has 1 aromatic rings. The number of hydrogen-bond donors (Lipinski definition) is 1. The minimum atomic E-state index is -0.103. The monoisotopic (exact) mass is 304 g/mol. The Morgan fingerprint density at radius 2 is 2.24 bits per heavy atom. The molecule has 1 saturated heterocycles. The number of likely N-dealkylation sites (N-methyl/N-ethyl adjacent to an activating group) is 1. The third-order valence-corrected chi connectivity index (χ3v) is 4.80. The molecule has 21 heavy (non-hydrogen) atoms. The molecule has 0 aromatic heterocycles. The lowest BCUT2D eigenvalue weighted by molar-refractivity contribution is 0.216. The summed E-state index contributed by atoms with van der Waals surface area (Å²) in [5, 5.41) is 12.2. The fourth-order valence-corrected chi connectivity index (χ4v) is 3.49. The summed E-state index contributed by atoms with van der Waals surface area (Å²) >= 11 is 1.80. The molecule has 0 aliphatic carbocycles. The molecule has 1 aromatic carbocycles. The molecule has 0 bridgehead atoms. The first kappa shape index (κ1) is 15.7. The van der Waals surface area contributed by atoms with Gasteiger partial charge in [0.25, 0.3) is 0 Å². The van der Waals surface area contributed by atoms with Gasteiger partial charge in [0.15, 0.2) is 0 Å². The number of amides is 2. The van der Waals surface area contributed by atoms with Gasteiger partial charge in [-0.3, -0.25) is 0 Å². The van der Waals surface area contributed by atoms with Crippen LogP contribution in [0, 0.1) is 11.3 Å². The number of carbonyl (C=O) groups excluding carboxylic acids is 1. The molecule has 1 aliphatic heterocycles. The highest BCUT2D eigenvalue weighted by Crippen LogP contribution is 2.24. The lowest BCUT2D eigenvalue weighted by Crippen LogP contribution is -2.38. The van der Waals surface area contributed by atoms with Crippen LogP contribution in [0.5, 0.6) is 0 Å². The average molecular weight is 304 g/mol. The normalized spacial score (nSPS) is 21.4. The highest BCUT2D eigenvalue weighted by Gasteiger charge is 2.35. The zero-order valence-corrected chi connectivity index (χ0v) is 13.4. The smallest absolute Gasteiger partial charge is 0.321 e. The summed E-state index contributed by atoms with van der Waals surface area (Å²) in [5.74, 6) is 0. The molecular weight excluding hydrogens is 284 g/mol. The van der Waals surface area contributed by atoms with Crippen molar-refractivity contribution >= 4 is 23.5 Å². The maximum Gasteiger partial charge on any atom is 0.321 e. The molecule has 0 spiro atoms. The Hall–Kier alpha value is -1.71. The lowest BCUT2D eigenvalue weighted by atomic mass is 10.2. The van der Waals surface area contributed by atoms with Crippen molar-refractivity contribution in [1.82, 2.24) is 9.80 Å². The van der Waals surface area contributed by atoms with Gasteiger partial charge in [0.05, 0.1) is 11.6 Å². The highest BCUT2D eigenvalue weighted by atomic mass is 32.2. The van der Waals surface area contributed by atoms with Crippen LogP contribution < -0.4 is 5.32 Å². The zero-order valence-electron chi connectivity index (χ0n) is 12.5. The van der Waals surface area contributed by atoms with Gasteiger partial charge in [0.2, 0.25) is 0 Å². The molecule has 0 unspecified atom stereocenters. The number of thioether (sulfide) groups is 1. The molecule has 1 heterocycles. The van der Waals surface area contributed by atoms with Crippen molar-refractivity contribution in [2.45, 2.75) is 11.3 Å². The third kappa shape index (κ3) is 3.69. The Morgan fingerprint density at radius 1 is 1.48 bits per heavy atom. The molecule has 0 saturated carbocycles. The number of nitrogens with one attached hydrogen (secondary N) is 1. The zero-order chi connectivity index (χ0) is 15.4. The van der Waals surface area contributed by atoms with E-state index < -0.39 is 0 Å². The second-order valence-corrected chi connectivity index (χ2v) is 6.41. The van der Waals surface area contributed by atoms with E-state index >= 15 is 0 Å². The van der Waals surface area contributed by atoms with Crippen LogP contribution in [-0.4, -0.2) is 60.6 Å². The topological polar surface area (TPSA) is 59.4 Å². The molecule has 2 amide bonds. The third-order valence-electron chi connectivity index (χ3n) is 3.73. The minimum Gasteiger partial charge on any atom is -0.322 e. The minimum absolute atomic E-state index is 0.103. The van der Waals surface area contributed by atoms with E-state index in [-0.39, 0.29) is 6.03 Å². The Bertz CT molecular complexity index is 555. The quantitative estimate of drug-likeness (QED) is 0.928. The van der Waals surface area contributed by atoms with Gasteiger partial charge in [-0.2, -0.15) is 17.0 Å². The number of likely N-dealkylation sites (tertiary alicyclic amines) is 1. The van der Waals surface area contributed by atoms with Crippen molar-refractivity contribution in [2.75, 3.05) is 38.8 Å². The van der Waals surface area contributed by atoms with Crippen molar-refractivity contribution < 1.29 is 4.79 Å². The fraction of sp³-hybridized carbons (Fsp3) is 0.467. The maximum atomic E-state index is 12.3. The standard InChI is InChI=1S/C15H20N4OS/c1-18(2)13-9-19(10-14(13)21-3)15(20)17-12-6-4-5-11(7-12)8-16/h4-7,13-14H,9-10H2,1-3H3,(H,17,20)/t13-,14-/m0/s1. The molecule has 5 nitrogen and oxygen atoms in total. The van der Waals surface area contributed by atoms with Gasteiger partial charge in [-0.15, -0.1) is 0 Å². The van der Waals surface area contributed by atoms with Crippen molar-refractivity contribution in [2.24, 2.45) is 0 Å². The number of hydrogen-bond acceptors (Lipinski definition) is 4. The second-order valence-electron chi connectivity index (χ2n) is 5.33. The first-order valence-corrected chi connectivity index (χ1v) is 8.09. The summed E-state index contributed by atoms with van der Waals surface area (Å²) in [7, 11) is 4.09. The van der Waals surface area contributed by atoms with E-state index in [0.717, 1.165) is 13.1 Å². The summed E-state index contributed by atoms with van der Waals surface area (Å²) in [6.07, 6.45) is 2.08. The van der Waals surface area contributed by atoms with Crippen LogP contribution >= 0.6 is 11.8 Å². The Morgan fingerprint density at radius 3 is 2.81 bits per heavy atom. The van der Waals surface area contributed by atoms with Crippen LogP contribution in [0.1, 0.15) is 5.56 Å². The summed E-state index contributed by atoms with van der Waals surface area (Å²) < 4.78 is 0. The average Bonchev–Trinajstić information content (AvgIpc) is 2.92. The van der Waals surface area contributed by atoms with Crippen molar-refractivity contribution in [3.8, 4) is 6.07 Å². The molecule has 1 fully saturated rings. The number of anilines is 1. The number of rotatable bonds is 3. The predicted octanol–water partition coefficient (Wildman–Crippen LogP) is 2.07. The van der Waals surface area contributed by atoms with E-state index in [2.05, 4.69) is 22.5 Å². The van der Waals surface area contributed by atoms with E-state index in [1.165, 1.54) is 0 Å². The SMILES string of the molecule is CS[C@H]1CN(C(=O)Nc2cccc(C#N)c2)C[C@@H]1N(C)C. The highest BCUT2D eigenvalue weighted by molar-refractivity contribution is 7.99. The lowest BCUT2D eigenvalue weighted by Gasteiger charge is -2.23. The fourth-order valence-electron chi connectivity index (χ4n) is 2.52. The molecular formula is C15H20N4OS. The molecule has 6 heteroatoms. The number of benzene rings is 1. The van der Waals surface area contributed by atoms with Gasteiger partial charge < -0.3 is 15.1 Å². The van der Waals surface area contributed by atoms with Crippen LogP contribution in [0.4, 0.5) is 10.5 Å². The van der Waals surface area contributed by atoms with Gasteiger partial charge in [0.1, 0.15) is 0 Å². The molecule has 0 radical (unpaired) electrons. The first-order chi connectivity index (χ1) is 10.0. The van der Waals surface area contributed by atoms with E-state index in [9.17, 15) is 4.79 Å². The van der Waals surface area contributed by atoms with Crippen molar-refractivity contribution in [3.63, 3.8) is 0 Å². The van der Waals surface area contributed by atoms with Crippen molar-refractivity contribution in [1.29, 1.82) is 5.26 Å². The molecule has 1 N–H and O–H groups in total. The summed E-state index contributed by atoms with van der Waals surface area (Å²) in [5.41, 5.74) is 1.20. The molecule has 2 atom stereocenters.